The van der Waals surface area contributed by atoms with Gasteiger partial charge in [-0.25, -0.2) is 0 Å². The van der Waals surface area contributed by atoms with Gasteiger partial charge in [0, 0.05) is 32.7 Å². The summed E-state index contributed by atoms with van der Waals surface area (Å²) in [6.45, 7) is 12.2. The van der Waals surface area contributed by atoms with Crippen molar-refractivity contribution >= 4 is 0 Å². The largest absolute Gasteiger partial charge is 0.356 e. The van der Waals surface area contributed by atoms with Gasteiger partial charge in [0.05, 0.1) is 0 Å². The Morgan fingerprint density at radius 3 is 1.95 bits per heavy atom. The Morgan fingerprint density at radius 1 is 1.10 bits per heavy atom. The van der Waals surface area contributed by atoms with Gasteiger partial charge in [-0.05, 0) is 44.2 Å². The predicted molar refractivity (Wildman–Crippen MR) is 83.6 cm³/mol. The number of likely N-dealkylation sites (tertiary alicyclic amines) is 1. The van der Waals surface area contributed by atoms with Gasteiger partial charge in [-0.3, -0.25) is 4.90 Å². The molecule has 4 heteroatoms. The van der Waals surface area contributed by atoms with E-state index >= 15 is 0 Å². The maximum absolute atomic E-state index is 6.06. The summed E-state index contributed by atoms with van der Waals surface area (Å²) >= 11 is 0. The van der Waals surface area contributed by atoms with Gasteiger partial charge in [0.25, 0.3) is 0 Å². The molecular formula is C16H34N2O2. The first-order valence-electron chi connectivity index (χ1n) is 7.77. The Morgan fingerprint density at radius 2 is 1.60 bits per heavy atom. The molecule has 2 N–H and O–H groups in total. The van der Waals surface area contributed by atoms with Crippen LogP contribution >= 0.6 is 0 Å². The van der Waals surface area contributed by atoms with Crippen molar-refractivity contribution in [1.29, 1.82) is 0 Å². The molecule has 0 aliphatic carbocycles. The van der Waals surface area contributed by atoms with Crippen LogP contribution in [-0.2, 0) is 9.47 Å². The predicted octanol–water partition coefficient (Wildman–Crippen LogP) is 2.47. The van der Waals surface area contributed by atoms with E-state index in [1.807, 2.05) is 0 Å². The Bertz CT molecular complexity index is 279. The molecule has 1 rings (SSSR count). The van der Waals surface area contributed by atoms with Gasteiger partial charge in [-0.15, -0.1) is 0 Å². The van der Waals surface area contributed by atoms with E-state index in [1.54, 1.807) is 14.2 Å². The summed E-state index contributed by atoms with van der Waals surface area (Å²) in [4.78, 5) is 2.53. The molecule has 0 bridgehead atoms. The van der Waals surface area contributed by atoms with Crippen molar-refractivity contribution in [3.63, 3.8) is 0 Å². The molecule has 120 valence electrons. The minimum Gasteiger partial charge on any atom is -0.356 e. The molecule has 4 nitrogen and oxygen atoms in total. The molecule has 1 unspecified atom stereocenters. The lowest BCUT2D eigenvalue weighted by atomic mass is 9.74. The molecule has 0 aromatic carbocycles. The minimum atomic E-state index is -0.177. The zero-order valence-corrected chi connectivity index (χ0v) is 14.2. The van der Waals surface area contributed by atoms with Crippen LogP contribution in [0.5, 0.6) is 0 Å². The first-order valence-corrected chi connectivity index (χ1v) is 7.77. The molecule has 0 radical (unpaired) electrons. The standard InChI is InChI=1S/C16H34N2O2/c1-15(2,3)13-7-9-18(10-8-13)16(4,12-17)11-14(19-5)20-6/h13-14H,7-12,17H2,1-6H3. The van der Waals surface area contributed by atoms with E-state index in [4.69, 9.17) is 15.2 Å². The van der Waals surface area contributed by atoms with Crippen molar-refractivity contribution in [3.05, 3.63) is 0 Å². The summed E-state index contributed by atoms with van der Waals surface area (Å²) in [6.07, 6.45) is 3.15. The monoisotopic (exact) mass is 286 g/mol. The molecular weight excluding hydrogens is 252 g/mol. The summed E-state index contributed by atoms with van der Waals surface area (Å²) in [6, 6.07) is 0. The number of piperidine rings is 1. The van der Waals surface area contributed by atoms with Crippen LogP contribution in [-0.4, -0.2) is 50.6 Å². The highest BCUT2D eigenvalue weighted by Gasteiger charge is 2.37. The fourth-order valence-corrected chi connectivity index (χ4v) is 3.25. The second-order valence-corrected chi connectivity index (χ2v) is 7.43. The van der Waals surface area contributed by atoms with Crippen molar-refractivity contribution < 1.29 is 9.47 Å². The molecule has 0 spiro atoms. The molecule has 1 aliphatic rings. The molecule has 1 fully saturated rings. The molecule has 1 heterocycles. The summed E-state index contributed by atoms with van der Waals surface area (Å²) < 4.78 is 10.7. The van der Waals surface area contributed by atoms with Gasteiger partial charge in [0.2, 0.25) is 0 Å². The fraction of sp³-hybridized carbons (Fsp3) is 1.00. The molecule has 1 atom stereocenters. The average molecular weight is 286 g/mol. The highest BCUT2D eigenvalue weighted by Crippen LogP contribution is 2.36. The molecule has 1 aliphatic heterocycles. The molecule has 0 saturated carbocycles. The third-order valence-electron chi connectivity index (χ3n) is 5.06. The van der Waals surface area contributed by atoms with Crippen LogP contribution in [0.1, 0.15) is 47.0 Å². The van der Waals surface area contributed by atoms with Crippen molar-refractivity contribution in [2.75, 3.05) is 33.9 Å². The van der Waals surface area contributed by atoms with Gasteiger partial charge in [0.15, 0.2) is 6.29 Å². The SMILES string of the molecule is COC(CC(C)(CN)N1CCC(C(C)(C)C)CC1)OC. The third kappa shape index (κ3) is 4.42. The second-order valence-electron chi connectivity index (χ2n) is 7.43. The zero-order chi connectivity index (χ0) is 15.4. The average Bonchev–Trinajstić information content (AvgIpc) is 2.43. The van der Waals surface area contributed by atoms with Crippen LogP contribution in [0.25, 0.3) is 0 Å². The number of nitrogens with two attached hydrogens (primary N) is 1. The van der Waals surface area contributed by atoms with Crippen LogP contribution in [0, 0.1) is 11.3 Å². The lowest BCUT2D eigenvalue weighted by molar-refractivity contribution is -0.131. The Kier molecular flexibility index (Phi) is 6.45. The summed E-state index contributed by atoms with van der Waals surface area (Å²) in [7, 11) is 3.38. The number of methoxy groups -OCH3 is 2. The van der Waals surface area contributed by atoms with Gasteiger partial charge in [0.1, 0.15) is 0 Å². The highest BCUT2D eigenvalue weighted by atomic mass is 16.7. The Balaban J connectivity index is 2.64. The first-order chi connectivity index (χ1) is 9.26. The number of hydrogen-bond acceptors (Lipinski definition) is 4. The fourth-order valence-electron chi connectivity index (χ4n) is 3.25. The number of hydrogen-bond donors (Lipinski definition) is 1. The second kappa shape index (κ2) is 7.21. The van der Waals surface area contributed by atoms with Crippen LogP contribution in [0.2, 0.25) is 0 Å². The van der Waals surface area contributed by atoms with Crippen LogP contribution < -0.4 is 5.73 Å². The first kappa shape index (κ1) is 17.9. The molecule has 0 amide bonds. The van der Waals surface area contributed by atoms with Crippen molar-refractivity contribution in [3.8, 4) is 0 Å². The van der Waals surface area contributed by atoms with E-state index in [2.05, 4.69) is 32.6 Å². The van der Waals surface area contributed by atoms with Gasteiger partial charge in [-0.2, -0.15) is 0 Å². The smallest absolute Gasteiger partial charge is 0.158 e. The normalized spacial score (nSPS) is 22.2. The summed E-state index contributed by atoms with van der Waals surface area (Å²) in [5.74, 6) is 0.807. The van der Waals surface area contributed by atoms with Gasteiger partial charge >= 0.3 is 0 Å². The van der Waals surface area contributed by atoms with E-state index in [-0.39, 0.29) is 11.8 Å². The van der Waals surface area contributed by atoms with Crippen LogP contribution in [0.15, 0.2) is 0 Å². The Labute approximate surface area is 125 Å². The molecule has 0 aromatic rings. The minimum absolute atomic E-state index is 0.0421. The lowest BCUT2D eigenvalue weighted by Crippen LogP contribution is -2.56. The van der Waals surface area contributed by atoms with E-state index < -0.39 is 0 Å². The van der Waals surface area contributed by atoms with E-state index in [9.17, 15) is 0 Å². The molecule has 1 saturated heterocycles. The Hall–Kier alpha value is -0.160. The summed E-state index contributed by atoms with van der Waals surface area (Å²) in [5, 5.41) is 0. The third-order valence-corrected chi connectivity index (χ3v) is 5.06. The van der Waals surface area contributed by atoms with E-state index in [1.165, 1.54) is 12.8 Å². The van der Waals surface area contributed by atoms with Gasteiger partial charge < -0.3 is 15.2 Å². The van der Waals surface area contributed by atoms with Crippen molar-refractivity contribution in [2.45, 2.75) is 58.8 Å². The topological polar surface area (TPSA) is 47.7 Å². The molecule has 20 heavy (non-hydrogen) atoms. The quantitative estimate of drug-likeness (QED) is 0.762. The van der Waals surface area contributed by atoms with Crippen molar-refractivity contribution in [2.24, 2.45) is 17.1 Å². The van der Waals surface area contributed by atoms with Gasteiger partial charge in [-0.1, -0.05) is 20.8 Å². The van der Waals surface area contributed by atoms with Crippen LogP contribution in [0.3, 0.4) is 0 Å². The number of ether oxygens (including phenoxy) is 2. The zero-order valence-electron chi connectivity index (χ0n) is 14.2. The van der Waals surface area contributed by atoms with Crippen LogP contribution in [0.4, 0.5) is 0 Å². The maximum Gasteiger partial charge on any atom is 0.158 e. The molecule has 0 aromatic heterocycles. The maximum atomic E-state index is 6.06. The highest BCUT2D eigenvalue weighted by molar-refractivity contribution is 4.92. The number of rotatable bonds is 6. The number of nitrogens with zero attached hydrogens (tertiary/aromatic N) is 1. The lowest BCUT2D eigenvalue weighted by Gasteiger charge is -2.47. The summed E-state index contributed by atoms with van der Waals surface area (Å²) in [5.41, 5.74) is 6.43. The van der Waals surface area contributed by atoms with E-state index in [0.29, 0.717) is 12.0 Å². The van der Waals surface area contributed by atoms with E-state index in [0.717, 1.165) is 25.4 Å². The van der Waals surface area contributed by atoms with Crippen molar-refractivity contribution in [1.82, 2.24) is 4.90 Å².